The van der Waals surface area contributed by atoms with E-state index in [1.54, 1.807) is 0 Å². The van der Waals surface area contributed by atoms with Crippen LogP contribution < -0.4 is 6.15 Å². The molecular formula is C8H11N. The molecule has 0 atom stereocenters. The summed E-state index contributed by atoms with van der Waals surface area (Å²) in [5, 5.41) is 0. The first-order chi connectivity index (χ1) is 3.80. The first kappa shape index (κ1) is 6.30. The van der Waals surface area contributed by atoms with Crippen molar-refractivity contribution in [3.63, 3.8) is 0 Å². The van der Waals surface area contributed by atoms with Crippen molar-refractivity contribution < 1.29 is 0 Å². The fourth-order valence-electron chi connectivity index (χ4n) is 1.25. The highest BCUT2D eigenvalue weighted by Crippen LogP contribution is 2.40. The van der Waals surface area contributed by atoms with Crippen LogP contribution in [0.2, 0.25) is 0 Å². The largest absolute Gasteiger partial charge is 0.344 e. The zero-order valence-electron chi connectivity index (χ0n) is 5.86. The van der Waals surface area contributed by atoms with Crippen molar-refractivity contribution in [3.05, 3.63) is 23.3 Å². The van der Waals surface area contributed by atoms with Crippen LogP contribution >= 0.6 is 0 Å². The molecule has 0 aromatic rings. The quantitative estimate of drug-likeness (QED) is 0.570. The highest BCUT2D eigenvalue weighted by Gasteiger charge is 2.17. The Labute approximate surface area is 55.3 Å². The van der Waals surface area contributed by atoms with E-state index in [1.807, 2.05) is 0 Å². The van der Waals surface area contributed by atoms with E-state index in [0.29, 0.717) is 0 Å². The third-order valence-corrected chi connectivity index (χ3v) is 2.08. The second-order valence-corrected chi connectivity index (χ2v) is 2.41. The Hall–Kier alpha value is -0.820. The van der Waals surface area contributed by atoms with E-state index in [0.717, 1.165) is 0 Å². The maximum atomic E-state index is 2.18. The Morgan fingerprint density at radius 3 is 1.33 bits per heavy atom. The number of rotatable bonds is 0. The van der Waals surface area contributed by atoms with Gasteiger partial charge in [-0.25, -0.2) is 0 Å². The van der Waals surface area contributed by atoms with Gasteiger partial charge in [0.2, 0.25) is 0 Å². The van der Waals surface area contributed by atoms with Crippen LogP contribution in [0.25, 0.3) is 11.1 Å². The number of fused-ring (bicyclic) bond motifs is 1. The Kier molecular flexibility index (Phi) is 1.11. The van der Waals surface area contributed by atoms with E-state index in [4.69, 9.17) is 0 Å². The van der Waals surface area contributed by atoms with Crippen molar-refractivity contribution in [3.8, 4) is 11.1 Å². The zero-order valence-corrected chi connectivity index (χ0v) is 5.86. The van der Waals surface area contributed by atoms with E-state index in [1.165, 1.54) is 22.3 Å². The predicted molar refractivity (Wildman–Crippen MR) is 39.9 cm³/mol. The molecule has 2 aliphatic rings. The lowest BCUT2D eigenvalue weighted by Gasteiger charge is -2.23. The minimum Gasteiger partial charge on any atom is -0.344 e. The van der Waals surface area contributed by atoms with Crippen LogP contribution in [-0.4, -0.2) is 0 Å². The van der Waals surface area contributed by atoms with Crippen LogP contribution in [-0.2, 0) is 0 Å². The molecule has 0 bridgehead atoms. The lowest BCUT2D eigenvalue weighted by atomic mass is 9.81. The minimum atomic E-state index is 0. The molecular weight excluding hydrogens is 110 g/mol. The van der Waals surface area contributed by atoms with Crippen LogP contribution in [0.3, 0.4) is 0 Å². The molecule has 0 aromatic carbocycles. The summed E-state index contributed by atoms with van der Waals surface area (Å²) in [5.74, 6) is 0. The van der Waals surface area contributed by atoms with Gasteiger partial charge < -0.3 is 6.15 Å². The van der Waals surface area contributed by atoms with E-state index in [-0.39, 0.29) is 6.15 Å². The van der Waals surface area contributed by atoms with Crippen molar-refractivity contribution in [1.29, 1.82) is 0 Å². The van der Waals surface area contributed by atoms with E-state index in [9.17, 15) is 0 Å². The summed E-state index contributed by atoms with van der Waals surface area (Å²) in [6.45, 7) is 4.36. The summed E-state index contributed by atoms with van der Waals surface area (Å²) in [4.78, 5) is 0. The molecule has 2 aliphatic carbocycles. The number of benzene rings is 1. The SMILES string of the molecule is Cc1c2ccc-2c1C.N. The monoisotopic (exact) mass is 121 g/mol. The summed E-state index contributed by atoms with van der Waals surface area (Å²) < 4.78 is 0. The smallest absolute Gasteiger partial charge is 0.0149 e. The molecule has 0 spiro atoms. The van der Waals surface area contributed by atoms with E-state index in [2.05, 4.69) is 26.0 Å². The minimum absolute atomic E-state index is 0. The van der Waals surface area contributed by atoms with E-state index >= 15 is 0 Å². The second kappa shape index (κ2) is 1.58. The Morgan fingerprint density at radius 2 is 1.22 bits per heavy atom. The molecule has 9 heavy (non-hydrogen) atoms. The lowest BCUT2D eigenvalue weighted by molar-refractivity contribution is 1.26. The maximum absolute atomic E-state index is 2.18. The van der Waals surface area contributed by atoms with Crippen LogP contribution in [0.1, 0.15) is 11.1 Å². The Morgan fingerprint density at radius 1 is 0.889 bits per heavy atom. The summed E-state index contributed by atoms with van der Waals surface area (Å²) in [5.41, 5.74) is 5.95. The van der Waals surface area contributed by atoms with Gasteiger partial charge in [-0.1, -0.05) is 12.1 Å². The topological polar surface area (TPSA) is 35.0 Å². The van der Waals surface area contributed by atoms with Gasteiger partial charge in [0.25, 0.3) is 0 Å². The van der Waals surface area contributed by atoms with Gasteiger partial charge in [0.1, 0.15) is 0 Å². The first-order valence-electron chi connectivity index (χ1n) is 2.91. The summed E-state index contributed by atoms with van der Waals surface area (Å²) in [6.07, 6.45) is 0. The average molecular weight is 121 g/mol. The van der Waals surface area contributed by atoms with Crippen LogP contribution in [0.5, 0.6) is 0 Å². The predicted octanol–water partition coefficient (Wildman–Crippen LogP) is 2.45. The molecule has 1 heteroatoms. The molecule has 0 saturated heterocycles. The van der Waals surface area contributed by atoms with Gasteiger partial charge in [-0.05, 0) is 36.1 Å². The second-order valence-electron chi connectivity index (χ2n) is 2.41. The number of hydrogen-bond acceptors (Lipinski definition) is 1. The van der Waals surface area contributed by atoms with Crippen molar-refractivity contribution in [2.45, 2.75) is 13.8 Å². The highest BCUT2D eigenvalue weighted by molar-refractivity contribution is 5.85. The standard InChI is InChI=1S/C8H8.H3N/c1-5-6(2)8-4-3-7(5)8;/h3-4H,1-2H3;1H3. The van der Waals surface area contributed by atoms with Gasteiger partial charge in [0.15, 0.2) is 0 Å². The average Bonchev–Trinajstić information content (AvgIpc) is 1.64. The molecule has 2 rings (SSSR count). The van der Waals surface area contributed by atoms with Crippen molar-refractivity contribution in [2.24, 2.45) is 0 Å². The van der Waals surface area contributed by atoms with Crippen molar-refractivity contribution >= 4 is 0 Å². The molecule has 48 valence electrons. The van der Waals surface area contributed by atoms with Gasteiger partial charge >= 0.3 is 0 Å². The van der Waals surface area contributed by atoms with Gasteiger partial charge in [-0.15, -0.1) is 0 Å². The molecule has 0 amide bonds. The lowest BCUT2D eigenvalue weighted by Crippen LogP contribution is -2.01. The fraction of sp³-hybridized carbons (Fsp3) is 0.250. The zero-order chi connectivity index (χ0) is 5.72. The Balaban J connectivity index is 0.000000405. The van der Waals surface area contributed by atoms with Gasteiger partial charge in [-0.3, -0.25) is 0 Å². The molecule has 0 aliphatic heterocycles. The van der Waals surface area contributed by atoms with E-state index < -0.39 is 0 Å². The molecule has 1 nitrogen and oxygen atoms in total. The van der Waals surface area contributed by atoms with Crippen LogP contribution in [0, 0.1) is 13.8 Å². The molecule has 3 N–H and O–H groups in total. The van der Waals surface area contributed by atoms with Gasteiger partial charge in [0.05, 0.1) is 0 Å². The first-order valence-corrected chi connectivity index (χ1v) is 2.91. The third-order valence-electron chi connectivity index (χ3n) is 2.08. The maximum Gasteiger partial charge on any atom is -0.0149 e. The number of hydrogen-bond donors (Lipinski definition) is 1. The molecule has 0 saturated carbocycles. The third kappa shape index (κ3) is 0.473. The fourth-order valence-corrected chi connectivity index (χ4v) is 1.25. The molecule has 0 fully saturated rings. The highest BCUT2D eigenvalue weighted by atomic mass is 14.2. The van der Waals surface area contributed by atoms with Gasteiger partial charge in [0, 0.05) is 0 Å². The van der Waals surface area contributed by atoms with Gasteiger partial charge in [-0.2, -0.15) is 0 Å². The summed E-state index contributed by atoms with van der Waals surface area (Å²) in [7, 11) is 0. The molecule has 0 aromatic heterocycles. The van der Waals surface area contributed by atoms with Crippen LogP contribution in [0.4, 0.5) is 0 Å². The van der Waals surface area contributed by atoms with Crippen molar-refractivity contribution in [2.75, 3.05) is 0 Å². The summed E-state index contributed by atoms with van der Waals surface area (Å²) >= 11 is 0. The normalized spacial score (nSPS) is 10.4. The summed E-state index contributed by atoms with van der Waals surface area (Å²) in [6, 6.07) is 4.36. The molecule has 0 radical (unpaired) electrons. The van der Waals surface area contributed by atoms with Crippen LogP contribution in [0.15, 0.2) is 12.1 Å². The van der Waals surface area contributed by atoms with Crippen molar-refractivity contribution in [1.82, 2.24) is 6.15 Å². The molecule has 0 unspecified atom stereocenters. The Bertz CT molecular complexity index is 224. The molecule has 0 heterocycles.